The van der Waals surface area contributed by atoms with E-state index in [1.807, 2.05) is 0 Å². The van der Waals surface area contributed by atoms with E-state index in [1.54, 1.807) is 0 Å². The van der Waals surface area contributed by atoms with Crippen LogP contribution in [0, 0.1) is 11.3 Å². The summed E-state index contributed by atoms with van der Waals surface area (Å²) in [5.74, 6) is 0.0563. The summed E-state index contributed by atoms with van der Waals surface area (Å²) in [4.78, 5) is 11.2. The summed E-state index contributed by atoms with van der Waals surface area (Å²) in [6.45, 7) is 3.19. The molecule has 2 rings (SSSR count). The van der Waals surface area contributed by atoms with Crippen LogP contribution >= 0.6 is 0 Å². The fourth-order valence-corrected chi connectivity index (χ4v) is 4.14. The van der Waals surface area contributed by atoms with Gasteiger partial charge in [-0.25, -0.2) is 0 Å². The zero-order valence-corrected chi connectivity index (χ0v) is 12.3. The Hall–Kier alpha value is -0.570. The Kier molecular flexibility index (Phi) is 5.26. The lowest BCUT2D eigenvalue weighted by atomic mass is 9.68. The van der Waals surface area contributed by atoms with Gasteiger partial charge >= 0.3 is 5.97 Å². The maximum atomic E-state index is 11.2. The van der Waals surface area contributed by atoms with Gasteiger partial charge in [0.1, 0.15) is 0 Å². The first kappa shape index (κ1) is 14.8. The average Bonchev–Trinajstić information content (AvgIpc) is 2.37. The van der Waals surface area contributed by atoms with E-state index in [1.165, 1.54) is 44.9 Å². The van der Waals surface area contributed by atoms with E-state index in [-0.39, 0.29) is 5.41 Å². The molecule has 0 amide bonds. The third-order valence-electron chi connectivity index (χ3n) is 5.08. The lowest BCUT2D eigenvalue weighted by Gasteiger charge is -2.40. The Balaban J connectivity index is 1.90. The molecule has 0 aromatic carbocycles. The normalized spacial score (nSPS) is 33.2. The van der Waals surface area contributed by atoms with Gasteiger partial charge in [-0.3, -0.25) is 4.79 Å². The van der Waals surface area contributed by atoms with Crippen LogP contribution in [0.4, 0.5) is 0 Å². The molecule has 2 unspecified atom stereocenters. The Labute approximate surface area is 117 Å². The second-order valence-corrected chi connectivity index (χ2v) is 6.99. The number of hydrogen-bond donors (Lipinski definition) is 2. The van der Waals surface area contributed by atoms with Crippen LogP contribution in [0.1, 0.15) is 71.1 Å². The zero-order valence-electron chi connectivity index (χ0n) is 12.3. The fourth-order valence-electron chi connectivity index (χ4n) is 4.14. The van der Waals surface area contributed by atoms with Crippen LogP contribution in [0.3, 0.4) is 0 Å². The SMILES string of the molecule is CC1CCCC(CNC2CCCCC2)(CC(=O)O)C1. The number of hydrogen-bond acceptors (Lipinski definition) is 2. The lowest BCUT2D eigenvalue weighted by molar-refractivity contribution is -0.140. The van der Waals surface area contributed by atoms with Gasteiger partial charge < -0.3 is 10.4 Å². The van der Waals surface area contributed by atoms with Crippen molar-refractivity contribution in [1.29, 1.82) is 0 Å². The molecule has 0 spiro atoms. The van der Waals surface area contributed by atoms with Gasteiger partial charge in [0, 0.05) is 12.6 Å². The second-order valence-electron chi connectivity index (χ2n) is 6.99. The molecule has 2 N–H and O–H groups in total. The van der Waals surface area contributed by atoms with E-state index < -0.39 is 5.97 Å². The molecule has 3 nitrogen and oxygen atoms in total. The number of carbonyl (C=O) groups is 1. The van der Waals surface area contributed by atoms with Crippen LogP contribution in [0.5, 0.6) is 0 Å². The molecule has 0 aromatic heterocycles. The summed E-state index contributed by atoms with van der Waals surface area (Å²) in [5, 5.41) is 12.9. The van der Waals surface area contributed by atoms with Crippen molar-refractivity contribution in [2.75, 3.05) is 6.54 Å². The minimum absolute atomic E-state index is 0.0148. The van der Waals surface area contributed by atoms with Gasteiger partial charge in [0.2, 0.25) is 0 Å². The van der Waals surface area contributed by atoms with Crippen molar-refractivity contribution >= 4 is 5.97 Å². The monoisotopic (exact) mass is 267 g/mol. The molecule has 2 aliphatic carbocycles. The van der Waals surface area contributed by atoms with E-state index >= 15 is 0 Å². The summed E-state index contributed by atoms with van der Waals surface area (Å²) < 4.78 is 0. The summed E-state index contributed by atoms with van der Waals surface area (Å²) >= 11 is 0. The average molecular weight is 267 g/mol. The minimum atomic E-state index is -0.625. The fraction of sp³-hybridized carbons (Fsp3) is 0.938. The highest BCUT2D eigenvalue weighted by Crippen LogP contribution is 2.41. The molecule has 0 aromatic rings. The molecule has 3 heteroatoms. The minimum Gasteiger partial charge on any atom is -0.481 e. The van der Waals surface area contributed by atoms with Gasteiger partial charge in [0.05, 0.1) is 6.42 Å². The standard InChI is InChI=1S/C16H29NO2/c1-13-6-5-9-16(10-13,11-15(18)19)12-17-14-7-3-2-4-8-14/h13-14,17H,2-12H2,1H3,(H,18,19). The molecule has 2 saturated carbocycles. The molecule has 0 saturated heterocycles. The highest BCUT2D eigenvalue weighted by atomic mass is 16.4. The van der Waals surface area contributed by atoms with Gasteiger partial charge in [0.25, 0.3) is 0 Å². The largest absolute Gasteiger partial charge is 0.481 e. The smallest absolute Gasteiger partial charge is 0.303 e. The van der Waals surface area contributed by atoms with E-state index in [9.17, 15) is 9.90 Å². The van der Waals surface area contributed by atoms with Crippen molar-refractivity contribution in [1.82, 2.24) is 5.32 Å². The van der Waals surface area contributed by atoms with Gasteiger partial charge in [-0.1, -0.05) is 39.0 Å². The molecular weight excluding hydrogens is 238 g/mol. The predicted molar refractivity (Wildman–Crippen MR) is 77.2 cm³/mol. The van der Waals surface area contributed by atoms with Gasteiger partial charge in [-0.05, 0) is 37.0 Å². The van der Waals surface area contributed by atoms with Crippen molar-refractivity contribution in [3.05, 3.63) is 0 Å². The Morgan fingerprint density at radius 3 is 2.58 bits per heavy atom. The molecule has 0 heterocycles. The zero-order chi connectivity index (χ0) is 13.7. The van der Waals surface area contributed by atoms with Crippen LogP contribution in [0.15, 0.2) is 0 Å². The third kappa shape index (κ3) is 4.48. The van der Waals surface area contributed by atoms with Crippen LogP contribution in [0.25, 0.3) is 0 Å². The quantitative estimate of drug-likeness (QED) is 0.800. The molecule has 2 atom stereocenters. The summed E-state index contributed by atoms with van der Waals surface area (Å²) in [5.41, 5.74) is 0.0148. The molecule has 0 radical (unpaired) electrons. The topological polar surface area (TPSA) is 49.3 Å². The molecule has 110 valence electrons. The van der Waals surface area contributed by atoms with Crippen molar-refractivity contribution in [3.8, 4) is 0 Å². The molecule has 19 heavy (non-hydrogen) atoms. The molecule has 0 bridgehead atoms. The van der Waals surface area contributed by atoms with E-state index in [0.29, 0.717) is 18.4 Å². The number of nitrogens with one attached hydrogen (secondary N) is 1. The Morgan fingerprint density at radius 1 is 1.21 bits per heavy atom. The van der Waals surface area contributed by atoms with Crippen LogP contribution in [-0.2, 0) is 4.79 Å². The van der Waals surface area contributed by atoms with Crippen molar-refractivity contribution in [2.45, 2.75) is 77.2 Å². The van der Waals surface area contributed by atoms with Crippen molar-refractivity contribution in [2.24, 2.45) is 11.3 Å². The third-order valence-corrected chi connectivity index (χ3v) is 5.08. The lowest BCUT2D eigenvalue weighted by Crippen LogP contribution is -2.44. The molecule has 2 fully saturated rings. The Bertz CT molecular complexity index is 299. The first-order chi connectivity index (χ1) is 9.10. The number of carboxylic acid groups (broad SMARTS) is 1. The van der Waals surface area contributed by atoms with Crippen molar-refractivity contribution in [3.63, 3.8) is 0 Å². The van der Waals surface area contributed by atoms with E-state index in [2.05, 4.69) is 12.2 Å². The number of carboxylic acids is 1. The summed E-state index contributed by atoms with van der Waals surface area (Å²) in [7, 11) is 0. The predicted octanol–water partition coefficient (Wildman–Crippen LogP) is 3.58. The first-order valence-corrected chi connectivity index (χ1v) is 8.05. The molecule has 2 aliphatic rings. The van der Waals surface area contributed by atoms with Gasteiger partial charge in [-0.2, -0.15) is 0 Å². The van der Waals surface area contributed by atoms with Crippen LogP contribution < -0.4 is 5.32 Å². The molecular formula is C16H29NO2. The number of aliphatic carboxylic acids is 1. The first-order valence-electron chi connectivity index (χ1n) is 8.05. The van der Waals surface area contributed by atoms with Gasteiger partial charge in [0.15, 0.2) is 0 Å². The second kappa shape index (κ2) is 6.74. The van der Waals surface area contributed by atoms with E-state index in [4.69, 9.17) is 0 Å². The maximum Gasteiger partial charge on any atom is 0.303 e. The molecule has 0 aliphatic heterocycles. The summed E-state index contributed by atoms with van der Waals surface area (Å²) in [6, 6.07) is 0.636. The van der Waals surface area contributed by atoms with Crippen LogP contribution in [-0.4, -0.2) is 23.7 Å². The number of rotatable bonds is 5. The van der Waals surface area contributed by atoms with Crippen LogP contribution in [0.2, 0.25) is 0 Å². The summed E-state index contributed by atoms with van der Waals surface area (Å²) in [6.07, 6.45) is 11.6. The van der Waals surface area contributed by atoms with Crippen molar-refractivity contribution < 1.29 is 9.90 Å². The van der Waals surface area contributed by atoms with E-state index in [0.717, 1.165) is 19.4 Å². The highest BCUT2D eigenvalue weighted by Gasteiger charge is 2.37. The van der Waals surface area contributed by atoms with Gasteiger partial charge in [-0.15, -0.1) is 0 Å². The highest BCUT2D eigenvalue weighted by molar-refractivity contribution is 5.67. The maximum absolute atomic E-state index is 11.2. The Morgan fingerprint density at radius 2 is 1.95 bits per heavy atom.